The summed E-state index contributed by atoms with van der Waals surface area (Å²) in [6.45, 7) is 4.15. The maximum absolute atomic E-state index is 13.2. The number of nitrogens with zero attached hydrogens (tertiary/aromatic N) is 1. The Morgan fingerprint density at radius 1 is 0.853 bits per heavy atom. The normalized spacial score (nSPS) is 13.5. The molecule has 0 bridgehead atoms. The number of carbonyl (C=O) groups is 2. The summed E-state index contributed by atoms with van der Waals surface area (Å²) in [5, 5.41) is 0. The van der Waals surface area contributed by atoms with E-state index < -0.39 is 10.0 Å². The second-order valence-electron chi connectivity index (χ2n) is 8.75. The Kier molecular flexibility index (Phi) is 6.95. The van der Waals surface area contributed by atoms with Crippen LogP contribution in [0.4, 0.5) is 0 Å². The molecule has 0 aromatic heterocycles. The fourth-order valence-corrected chi connectivity index (χ4v) is 4.72. The lowest BCUT2D eigenvalue weighted by Crippen LogP contribution is -2.32. The number of sulfonamides is 1. The van der Waals surface area contributed by atoms with Gasteiger partial charge in [0.15, 0.2) is 5.78 Å². The fraction of sp³-hybridized carbons (Fsp3) is 0.259. The Hall–Kier alpha value is -3.29. The summed E-state index contributed by atoms with van der Waals surface area (Å²) in [4.78, 5) is 26.6. The minimum atomic E-state index is -3.72. The summed E-state index contributed by atoms with van der Waals surface area (Å²) in [5.74, 6) is -0.133. The van der Waals surface area contributed by atoms with Gasteiger partial charge in [0.2, 0.25) is 10.0 Å². The number of benzene rings is 3. The molecule has 7 heteroatoms. The zero-order chi connectivity index (χ0) is 24.3. The van der Waals surface area contributed by atoms with Gasteiger partial charge in [0.25, 0.3) is 5.91 Å². The van der Waals surface area contributed by atoms with Gasteiger partial charge in [-0.15, -0.1) is 0 Å². The van der Waals surface area contributed by atoms with Crippen molar-refractivity contribution < 1.29 is 18.0 Å². The van der Waals surface area contributed by atoms with Gasteiger partial charge in [0, 0.05) is 30.3 Å². The summed E-state index contributed by atoms with van der Waals surface area (Å²) in [6.07, 6.45) is 2.04. The number of hydrogen-bond acceptors (Lipinski definition) is 4. The molecule has 1 aliphatic rings. The zero-order valence-corrected chi connectivity index (χ0v) is 20.1. The molecule has 0 aliphatic heterocycles. The molecule has 0 atom stereocenters. The van der Waals surface area contributed by atoms with Crippen LogP contribution in [0.15, 0.2) is 77.7 Å². The molecule has 34 heavy (non-hydrogen) atoms. The van der Waals surface area contributed by atoms with Crippen molar-refractivity contribution in [1.82, 2.24) is 9.62 Å². The van der Waals surface area contributed by atoms with E-state index in [9.17, 15) is 18.0 Å². The van der Waals surface area contributed by atoms with E-state index in [0.717, 1.165) is 24.0 Å². The van der Waals surface area contributed by atoms with Gasteiger partial charge < -0.3 is 4.90 Å². The second kappa shape index (κ2) is 9.91. The van der Waals surface area contributed by atoms with Gasteiger partial charge in [0.05, 0.1) is 4.90 Å². The smallest absolute Gasteiger partial charge is 0.254 e. The Morgan fingerprint density at radius 3 is 1.97 bits per heavy atom. The number of nitrogens with one attached hydrogen (secondary N) is 1. The lowest BCUT2D eigenvalue weighted by molar-refractivity contribution is 0.0729. The number of ketones is 1. The van der Waals surface area contributed by atoms with Crippen LogP contribution in [-0.4, -0.2) is 31.0 Å². The van der Waals surface area contributed by atoms with Gasteiger partial charge in [-0.05, 0) is 62.1 Å². The van der Waals surface area contributed by atoms with Crippen molar-refractivity contribution in [3.05, 3.63) is 101 Å². The Labute approximate surface area is 200 Å². The number of aryl methyl sites for hydroxylation is 1. The predicted molar refractivity (Wildman–Crippen MR) is 131 cm³/mol. The molecule has 176 valence electrons. The van der Waals surface area contributed by atoms with Crippen molar-refractivity contribution in [2.24, 2.45) is 0 Å². The topological polar surface area (TPSA) is 83.5 Å². The Balaban J connectivity index is 1.40. The average molecular weight is 477 g/mol. The minimum absolute atomic E-state index is 0.0132. The van der Waals surface area contributed by atoms with Crippen LogP contribution in [0.2, 0.25) is 0 Å². The van der Waals surface area contributed by atoms with E-state index in [-0.39, 0.29) is 29.2 Å². The summed E-state index contributed by atoms with van der Waals surface area (Å²) < 4.78 is 27.7. The third kappa shape index (κ3) is 5.79. The van der Waals surface area contributed by atoms with E-state index in [0.29, 0.717) is 17.7 Å². The van der Waals surface area contributed by atoms with Gasteiger partial charge in [-0.1, -0.05) is 54.1 Å². The maximum Gasteiger partial charge on any atom is 0.254 e. The highest BCUT2D eigenvalue weighted by molar-refractivity contribution is 7.89. The predicted octanol–water partition coefficient (Wildman–Crippen LogP) is 4.48. The van der Waals surface area contributed by atoms with Crippen LogP contribution in [0, 0.1) is 6.92 Å². The Morgan fingerprint density at radius 2 is 1.41 bits per heavy atom. The Bertz CT molecular complexity index is 1280. The summed E-state index contributed by atoms with van der Waals surface area (Å²) in [7, 11) is -3.72. The first-order valence-corrected chi connectivity index (χ1v) is 12.8. The number of carbonyl (C=O) groups excluding carboxylic acids is 2. The van der Waals surface area contributed by atoms with Crippen molar-refractivity contribution >= 4 is 21.7 Å². The van der Waals surface area contributed by atoms with Crippen LogP contribution >= 0.6 is 0 Å². The highest BCUT2D eigenvalue weighted by atomic mass is 32.2. The molecule has 0 saturated heterocycles. The molecule has 1 saturated carbocycles. The van der Waals surface area contributed by atoms with E-state index in [1.807, 2.05) is 11.8 Å². The lowest BCUT2D eigenvalue weighted by atomic mass is 10.1. The molecular weight excluding hydrogens is 448 g/mol. The van der Waals surface area contributed by atoms with Crippen LogP contribution in [0.3, 0.4) is 0 Å². The number of amides is 1. The SMILES string of the molecule is CC(=O)c1ccc(S(=O)(=O)NCc2ccc(C(=O)N(Cc3ccc(C)cc3)C3CC3)cc2)cc1. The van der Waals surface area contributed by atoms with Crippen molar-refractivity contribution in [1.29, 1.82) is 0 Å². The van der Waals surface area contributed by atoms with E-state index in [1.165, 1.54) is 36.8 Å². The van der Waals surface area contributed by atoms with Gasteiger partial charge in [-0.25, -0.2) is 13.1 Å². The van der Waals surface area contributed by atoms with E-state index >= 15 is 0 Å². The number of rotatable bonds is 9. The van der Waals surface area contributed by atoms with E-state index in [4.69, 9.17) is 0 Å². The first-order valence-electron chi connectivity index (χ1n) is 11.3. The molecule has 0 unspecified atom stereocenters. The third-order valence-corrected chi connectivity index (χ3v) is 7.38. The summed E-state index contributed by atoms with van der Waals surface area (Å²) in [6, 6.07) is 21.4. The highest BCUT2D eigenvalue weighted by Crippen LogP contribution is 2.30. The minimum Gasteiger partial charge on any atom is -0.331 e. The number of hydrogen-bond donors (Lipinski definition) is 1. The molecule has 0 spiro atoms. The highest BCUT2D eigenvalue weighted by Gasteiger charge is 2.33. The molecule has 1 N–H and O–H groups in total. The van der Waals surface area contributed by atoms with Crippen LogP contribution in [-0.2, 0) is 23.1 Å². The van der Waals surface area contributed by atoms with Crippen molar-refractivity contribution in [2.45, 2.75) is 50.7 Å². The quantitative estimate of drug-likeness (QED) is 0.462. The molecule has 1 amide bonds. The lowest BCUT2D eigenvalue weighted by Gasteiger charge is -2.23. The molecule has 1 aliphatic carbocycles. The molecular formula is C27H28N2O4S. The first-order chi connectivity index (χ1) is 16.2. The molecule has 3 aromatic carbocycles. The second-order valence-corrected chi connectivity index (χ2v) is 10.5. The maximum atomic E-state index is 13.2. The van der Waals surface area contributed by atoms with Crippen molar-refractivity contribution in [3.63, 3.8) is 0 Å². The van der Waals surface area contributed by atoms with Crippen molar-refractivity contribution in [2.75, 3.05) is 0 Å². The van der Waals surface area contributed by atoms with Crippen LogP contribution in [0.25, 0.3) is 0 Å². The van der Waals surface area contributed by atoms with Crippen molar-refractivity contribution in [3.8, 4) is 0 Å². The van der Waals surface area contributed by atoms with Gasteiger partial charge in [-0.2, -0.15) is 0 Å². The molecule has 3 aromatic rings. The average Bonchev–Trinajstić information content (AvgIpc) is 3.68. The van der Waals surface area contributed by atoms with Gasteiger partial charge in [-0.3, -0.25) is 9.59 Å². The third-order valence-electron chi connectivity index (χ3n) is 5.96. The van der Waals surface area contributed by atoms with Gasteiger partial charge in [0.1, 0.15) is 0 Å². The van der Waals surface area contributed by atoms with Crippen LogP contribution in [0.5, 0.6) is 0 Å². The first kappa shape index (κ1) is 23.9. The summed E-state index contributed by atoms with van der Waals surface area (Å²) >= 11 is 0. The van der Waals surface area contributed by atoms with E-state index in [1.54, 1.807) is 24.3 Å². The van der Waals surface area contributed by atoms with Crippen LogP contribution in [0.1, 0.15) is 57.2 Å². The fourth-order valence-electron chi connectivity index (χ4n) is 3.70. The monoisotopic (exact) mass is 476 g/mol. The summed E-state index contributed by atoms with van der Waals surface area (Å²) in [5.41, 5.74) is 4.09. The van der Waals surface area contributed by atoms with Crippen LogP contribution < -0.4 is 4.72 Å². The molecule has 6 nitrogen and oxygen atoms in total. The van der Waals surface area contributed by atoms with E-state index in [2.05, 4.69) is 29.0 Å². The number of Topliss-reactive ketones (excluding diaryl/α,β-unsaturated/α-hetero) is 1. The zero-order valence-electron chi connectivity index (χ0n) is 19.3. The molecule has 4 rings (SSSR count). The van der Waals surface area contributed by atoms with Gasteiger partial charge >= 0.3 is 0 Å². The molecule has 0 heterocycles. The standard InChI is InChI=1S/C27H28N2O4S/c1-19-3-5-22(6-4-19)18-29(25-13-14-25)27(31)24-9-7-21(8-10-24)17-28-34(32,33)26-15-11-23(12-16-26)20(2)30/h3-12,15-16,25,28H,13-14,17-18H2,1-2H3. The molecule has 0 radical (unpaired) electrons. The largest absolute Gasteiger partial charge is 0.331 e. The molecule has 1 fully saturated rings.